The fourth-order valence-corrected chi connectivity index (χ4v) is 5.14. The van der Waals surface area contributed by atoms with Gasteiger partial charge < -0.3 is 10.2 Å². The van der Waals surface area contributed by atoms with Crippen molar-refractivity contribution < 1.29 is 35.9 Å². The van der Waals surface area contributed by atoms with Gasteiger partial charge in [-0.1, -0.05) is 18.6 Å². The van der Waals surface area contributed by atoms with E-state index in [9.17, 15) is 35.9 Å². The van der Waals surface area contributed by atoms with Crippen molar-refractivity contribution in [3.8, 4) is 11.3 Å². The van der Waals surface area contributed by atoms with E-state index in [0.29, 0.717) is 24.9 Å². The Morgan fingerprint density at radius 2 is 1.70 bits per heavy atom. The second kappa shape index (κ2) is 11.9. The van der Waals surface area contributed by atoms with Crippen molar-refractivity contribution in [1.29, 1.82) is 0 Å². The maximum absolute atomic E-state index is 14.2. The molecule has 3 aromatic heterocycles. The van der Waals surface area contributed by atoms with Gasteiger partial charge in [0, 0.05) is 43.8 Å². The van der Waals surface area contributed by atoms with E-state index < -0.39 is 35.6 Å². The molecule has 0 unspecified atom stereocenters. The summed E-state index contributed by atoms with van der Waals surface area (Å²) < 4.78 is 83.0. The molecule has 15 heteroatoms. The van der Waals surface area contributed by atoms with E-state index in [0.717, 1.165) is 31.3 Å². The standard InChI is InChI=1S/C29H27F6N7O2/c1-40(2)22(43)16-41-13-4-3-5-20(41)26-39-23(24-25(29(33,34)35)37-12-14-42(24)26)17-6-8-18(9-7-17)27(44)38-21-15-19(10-11-36-21)28(30,31)32/h6-12,14-15,20H,3-5,13,16H2,1-2H3,(H,36,38,44)/t20-/m0/s1. The van der Waals surface area contributed by atoms with Gasteiger partial charge in [-0.2, -0.15) is 26.3 Å². The summed E-state index contributed by atoms with van der Waals surface area (Å²) in [5.74, 6) is -0.902. The number of aromatic nitrogens is 4. The van der Waals surface area contributed by atoms with Crippen LogP contribution in [-0.4, -0.2) is 68.2 Å². The molecule has 4 aromatic rings. The first-order chi connectivity index (χ1) is 20.7. The molecule has 9 nitrogen and oxygen atoms in total. The number of nitrogens with one attached hydrogen (secondary N) is 1. The normalized spacial score (nSPS) is 16.2. The Labute approximate surface area is 247 Å². The highest BCUT2D eigenvalue weighted by molar-refractivity contribution is 6.04. The number of likely N-dealkylation sites (N-methyl/N-ethyl adjacent to an activating group) is 1. The fourth-order valence-electron chi connectivity index (χ4n) is 5.14. The van der Waals surface area contributed by atoms with Crippen LogP contribution in [0.3, 0.4) is 0 Å². The summed E-state index contributed by atoms with van der Waals surface area (Å²) in [6.45, 7) is 0.639. The van der Waals surface area contributed by atoms with Crippen LogP contribution in [0, 0.1) is 0 Å². The summed E-state index contributed by atoms with van der Waals surface area (Å²) in [6, 6.07) is 6.49. The second-order valence-corrected chi connectivity index (χ2v) is 10.5. The van der Waals surface area contributed by atoms with E-state index in [1.165, 1.54) is 39.8 Å². The average Bonchev–Trinajstić information content (AvgIpc) is 3.36. The fraction of sp³-hybridized carbons (Fsp3) is 0.345. The number of amides is 2. The molecule has 0 saturated carbocycles. The molecule has 2 amide bonds. The topological polar surface area (TPSA) is 95.7 Å². The van der Waals surface area contributed by atoms with Crippen molar-refractivity contribution in [2.24, 2.45) is 0 Å². The minimum atomic E-state index is -4.81. The summed E-state index contributed by atoms with van der Waals surface area (Å²) in [5, 5.41) is 2.30. The number of carbonyl (C=O) groups is 2. The summed E-state index contributed by atoms with van der Waals surface area (Å²) in [4.78, 5) is 40.7. The Morgan fingerprint density at radius 3 is 2.36 bits per heavy atom. The van der Waals surface area contributed by atoms with E-state index >= 15 is 0 Å². The lowest BCUT2D eigenvalue weighted by Crippen LogP contribution is -2.41. The van der Waals surface area contributed by atoms with Gasteiger partial charge in [-0.15, -0.1) is 0 Å². The minimum absolute atomic E-state index is 0.0172. The predicted molar refractivity (Wildman–Crippen MR) is 147 cm³/mol. The molecule has 0 radical (unpaired) electrons. The molecule has 1 aliphatic rings. The number of hydrogen-bond acceptors (Lipinski definition) is 6. The molecule has 1 aromatic carbocycles. The van der Waals surface area contributed by atoms with Crippen molar-refractivity contribution in [1.82, 2.24) is 29.2 Å². The number of pyridine rings is 1. The Balaban J connectivity index is 1.52. The number of rotatable bonds is 6. The Bertz CT molecular complexity index is 1680. The van der Waals surface area contributed by atoms with Crippen LogP contribution in [0.5, 0.6) is 0 Å². The molecule has 0 aliphatic carbocycles. The van der Waals surface area contributed by atoms with Crippen LogP contribution in [0.25, 0.3) is 16.8 Å². The number of carbonyl (C=O) groups excluding carboxylic acids is 2. The molecular weight excluding hydrogens is 592 g/mol. The van der Waals surface area contributed by atoms with Crippen LogP contribution in [0.2, 0.25) is 0 Å². The van der Waals surface area contributed by atoms with Gasteiger partial charge in [0.05, 0.1) is 23.8 Å². The minimum Gasteiger partial charge on any atom is -0.348 e. The zero-order valence-corrected chi connectivity index (χ0v) is 23.6. The van der Waals surface area contributed by atoms with E-state index in [-0.39, 0.29) is 40.6 Å². The Morgan fingerprint density at radius 1 is 0.977 bits per heavy atom. The number of nitrogens with zero attached hydrogens (tertiary/aromatic N) is 6. The molecule has 1 aliphatic heterocycles. The largest absolute Gasteiger partial charge is 0.435 e. The molecule has 1 fully saturated rings. The molecule has 44 heavy (non-hydrogen) atoms. The van der Waals surface area contributed by atoms with Crippen LogP contribution in [0.4, 0.5) is 32.2 Å². The summed E-state index contributed by atoms with van der Waals surface area (Å²) in [5.41, 5.74) is -2.13. The van der Waals surface area contributed by atoms with Gasteiger partial charge in [0.2, 0.25) is 5.91 Å². The number of benzene rings is 1. The van der Waals surface area contributed by atoms with Crippen LogP contribution >= 0.6 is 0 Å². The number of imidazole rings is 1. The number of piperidine rings is 1. The van der Waals surface area contributed by atoms with Gasteiger partial charge in [0.1, 0.15) is 17.2 Å². The van der Waals surface area contributed by atoms with Gasteiger partial charge in [-0.3, -0.25) is 18.9 Å². The highest BCUT2D eigenvalue weighted by atomic mass is 19.4. The first kappa shape index (κ1) is 30.9. The smallest absolute Gasteiger partial charge is 0.348 e. The van der Waals surface area contributed by atoms with Crippen LogP contribution in [-0.2, 0) is 17.1 Å². The third-order valence-corrected chi connectivity index (χ3v) is 7.35. The molecule has 0 bridgehead atoms. The number of anilines is 1. The van der Waals surface area contributed by atoms with Gasteiger partial charge in [0.25, 0.3) is 5.91 Å². The van der Waals surface area contributed by atoms with Crippen LogP contribution in [0.15, 0.2) is 55.0 Å². The lowest BCUT2D eigenvalue weighted by molar-refractivity contribution is -0.140. The zero-order valence-electron chi connectivity index (χ0n) is 23.6. The van der Waals surface area contributed by atoms with E-state index in [1.807, 2.05) is 4.90 Å². The van der Waals surface area contributed by atoms with Crippen LogP contribution in [0.1, 0.15) is 52.7 Å². The Kier molecular flexibility index (Phi) is 8.34. The molecular formula is C29H27F6N7O2. The summed E-state index contributed by atoms with van der Waals surface area (Å²) in [7, 11) is 3.26. The lowest BCUT2D eigenvalue weighted by Gasteiger charge is -2.35. The van der Waals surface area contributed by atoms with E-state index in [4.69, 9.17) is 0 Å². The van der Waals surface area contributed by atoms with Crippen molar-refractivity contribution in [3.63, 3.8) is 0 Å². The number of fused-ring (bicyclic) bond motifs is 1. The highest BCUT2D eigenvalue weighted by Gasteiger charge is 2.39. The molecule has 1 atom stereocenters. The number of likely N-dealkylation sites (tertiary alicyclic amines) is 1. The summed E-state index contributed by atoms with van der Waals surface area (Å²) in [6.07, 6.45) is -3.87. The molecule has 232 valence electrons. The predicted octanol–water partition coefficient (Wildman–Crippen LogP) is 5.70. The first-order valence-corrected chi connectivity index (χ1v) is 13.6. The average molecular weight is 620 g/mol. The SMILES string of the molecule is CN(C)C(=O)CN1CCCC[C@H]1c1nc(-c2ccc(C(=O)Nc3cc(C(F)(F)F)ccn3)cc2)c2c(C(F)(F)F)nccn12. The quantitative estimate of drug-likeness (QED) is 0.279. The monoisotopic (exact) mass is 619 g/mol. The van der Waals surface area contributed by atoms with Crippen LogP contribution < -0.4 is 5.32 Å². The van der Waals surface area contributed by atoms with Gasteiger partial charge in [0.15, 0.2) is 5.69 Å². The van der Waals surface area contributed by atoms with Crippen molar-refractivity contribution >= 4 is 23.1 Å². The lowest BCUT2D eigenvalue weighted by atomic mass is 10.0. The number of alkyl halides is 6. The first-order valence-electron chi connectivity index (χ1n) is 13.6. The third kappa shape index (κ3) is 6.37. The maximum atomic E-state index is 14.2. The molecule has 4 heterocycles. The molecule has 1 saturated heterocycles. The Hall–Kier alpha value is -4.53. The zero-order chi connectivity index (χ0) is 31.8. The number of hydrogen-bond donors (Lipinski definition) is 1. The van der Waals surface area contributed by atoms with Crippen molar-refractivity contribution in [2.75, 3.05) is 32.5 Å². The van der Waals surface area contributed by atoms with Gasteiger partial charge in [-0.25, -0.2) is 15.0 Å². The molecule has 0 spiro atoms. The molecule has 1 N–H and O–H groups in total. The maximum Gasteiger partial charge on any atom is 0.435 e. The third-order valence-electron chi connectivity index (χ3n) is 7.35. The van der Waals surface area contributed by atoms with E-state index in [2.05, 4.69) is 20.3 Å². The van der Waals surface area contributed by atoms with Gasteiger partial charge >= 0.3 is 12.4 Å². The van der Waals surface area contributed by atoms with Crippen molar-refractivity contribution in [3.05, 3.63) is 77.6 Å². The second-order valence-electron chi connectivity index (χ2n) is 10.5. The van der Waals surface area contributed by atoms with E-state index in [1.54, 1.807) is 14.1 Å². The summed E-state index contributed by atoms with van der Waals surface area (Å²) >= 11 is 0. The van der Waals surface area contributed by atoms with Crippen molar-refractivity contribution in [2.45, 2.75) is 37.7 Å². The number of halogens is 6. The highest BCUT2D eigenvalue weighted by Crippen LogP contribution is 2.39. The van der Waals surface area contributed by atoms with Gasteiger partial charge in [-0.05, 0) is 43.7 Å². The molecule has 5 rings (SSSR count).